The van der Waals surface area contributed by atoms with Gasteiger partial charge in [-0.1, -0.05) is 6.07 Å². The van der Waals surface area contributed by atoms with Crippen LogP contribution in [0.3, 0.4) is 0 Å². The van der Waals surface area contributed by atoms with E-state index < -0.39 is 0 Å². The average Bonchev–Trinajstić information content (AvgIpc) is 2.68. The van der Waals surface area contributed by atoms with Gasteiger partial charge in [0.1, 0.15) is 17.1 Å². The molecule has 0 saturated carbocycles. The Bertz CT molecular complexity index is 555. The Labute approximate surface area is 113 Å². The zero-order valence-electron chi connectivity index (χ0n) is 11.3. The van der Waals surface area contributed by atoms with Crippen molar-refractivity contribution in [2.24, 2.45) is 0 Å². The Morgan fingerprint density at radius 1 is 1.33 bits per heavy atom. The normalized spacial score (nSPS) is 12.1. The summed E-state index contributed by atoms with van der Waals surface area (Å²) in [5, 5.41) is 0. The zero-order valence-corrected chi connectivity index (χ0v) is 12.1. The average molecular weight is 267 g/mol. The molecule has 98 valence electrons. The fraction of sp³-hybridized carbons (Fsp3) is 0.500. The van der Waals surface area contributed by atoms with Gasteiger partial charge in [0.25, 0.3) is 0 Å². The lowest BCUT2D eigenvalue weighted by Gasteiger charge is -2.24. The molecule has 4 heteroatoms. The van der Waals surface area contributed by atoms with Gasteiger partial charge in [-0.3, -0.25) is 0 Å². The van der Waals surface area contributed by atoms with Crippen LogP contribution in [0.25, 0.3) is 11.0 Å². The molecule has 0 radical (unpaired) electrons. The number of nitrogens with zero attached hydrogens (tertiary/aromatic N) is 2. The quantitative estimate of drug-likeness (QED) is 0.787. The molecule has 1 aromatic carbocycles. The van der Waals surface area contributed by atoms with Crippen LogP contribution in [0, 0.1) is 0 Å². The highest BCUT2D eigenvalue weighted by Gasteiger charge is 2.22. The highest BCUT2D eigenvalue weighted by molar-refractivity contribution is 6.16. The van der Waals surface area contributed by atoms with E-state index in [1.165, 1.54) is 0 Å². The lowest BCUT2D eigenvalue weighted by Crippen LogP contribution is -2.23. The van der Waals surface area contributed by atoms with Crippen molar-refractivity contribution in [1.29, 1.82) is 0 Å². The molecule has 3 nitrogen and oxygen atoms in total. The van der Waals surface area contributed by atoms with Crippen LogP contribution in [0.5, 0.6) is 5.75 Å². The second-order valence-corrected chi connectivity index (χ2v) is 5.49. The van der Waals surface area contributed by atoms with Crippen LogP contribution in [-0.4, -0.2) is 16.2 Å². The summed E-state index contributed by atoms with van der Waals surface area (Å²) in [4.78, 5) is 4.62. The SMILES string of the molecule is CCOc1cccc2c1nc(CCl)n2C(C)(C)C. The third-order valence-electron chi connectivity index (χ3n) is 2.81. The summed E-state index contributed by atoms with van der Waals surface area (Å²) in [6.45, 7) is 9.06. The van der Waals surface area contributed by atoms with E-state index in [0.29, 0.717) is 12.5 Å². The van der Waals surface area contributed by atoms with E-state index in [-0.39, 0.29) is 5.54 Å². The van der Waals surface area contributed by atoms with Crippen LogP contribution in [-0.2, 0) is 11.4 Å². The van der Waals surface area contributed by atoms with Gasteiger partial charge >= 0.3 is 0 Å². The number of imidazole rings is 1. The maximum atomic E-state index is 6.01. The van der Waals surface area contributed by atoms with Crippen LogP contribution < -0.4 is 4.74 Å². The number of benzene rings is 1. The number of hydrogen-bond donors (Lipinski definition) is 0. The molecular weight excluding hydrogens is 248 g/mol. The molecule has 0 aliphatic rings. The maximum absolute atomic E-state index is 6.01. The first-order valence-corrected chi connectivity index (χ1v) is 6.72. The van der Waals surface area contributed by atoms with Gasteiger partial charge in [0.2, 0.25) is 0 Å². The van der Waals surface area contributed by atoms with Gasteiger partial charge in [0.05, 0.1) is 18.0 Å². The summed E-state index contributed by atoms with van der Waals surface area (Å²) >= 11 is 6.01. The molecule has 0 spiro atoms. The van der Waals surface area contributed by atoms with Crippen LogP contribution >= 0.6 is 11.6 Å². The monoisotopic (exact) mass is 266 g/mol. The number of halogens is 1. The molecule has 0 atom stereocenters. The Morgan fingerprint density at radius 2 is 2.06 bits per heavy atom. The minimum Gasteiger partial charge on any atom is -0.492 e. The predicted octanol–water partition coefficient (Wildman–Crippen LogP) is 3.93. The van der Waals surface area contributed by atoms with Crippen LogP contribution in [0.2, 0.25) is 0 Å². The fourth-order valence-electron chi connectivity index (χ4n) is 2.23. The minimum absolute atomic E-state index is 0.0518. The second-order valence-electron chi connectivity index (χ2n) is 5.22. The molecular formula is C14H19ClN2O. The molecule has 18 heavy (non-hydrogen) atoms. The fourth-order valence-corrected chi connectivity index (χ4v) is 2.41. The van der Waals surface area contributed by atoms with Crippen molar-refractivity contribution >= 4 is 22.6 Å². The topological polar surface area (TPSA) is 27.1 Å². The number of fused-ring (bicyclic) bond motifs is 1. The summed E-state index contributed by atoms with van der Waals surface area (Å²) in [7, 11) is 0. The number of ether oxygens (including phenoxy) is 1. The number of aromatic nitrogens is 2. The molecule has 0 aliphatic heterocycles. The zero-order chi connectivity index (χ0) is 13.3. The van der Waals surface area contributed by atoms with Crippen molar-refractivity contribution in [2.75, 3.05) is 6.61 Å². The van der Waals surface area contributed by atoms with Crippen molar-refractivity contribution < 1.29 is 4.74 Å². The molecule has 1 aromatic heterocycles. The molecule has 0 N–H and O–H groups in total. The molecule has 2 rings (SSSR count). The van der Waals surface area contributed by atoms with Crippen molar-refractivity contribution in [1.82, 2.24) is 9.55 Å². The number of para-hydroxylation sites is 1. The first-order valence-electron chi connectivity index (χ1n) is 6.18. The van der Waals surface area contributed by atoms with Crippen molar-refractivity contribution in [2.45, 2.75) is 39.1 Å². The Hall–Kier alpha value is -1.22. The number of hydrogen-bond acceptors (Lipinski definition) is 2. The molecule has 0 aliphatic carbocycles. The molecule has 0 amide bonds. The first-order chi connectivity index (χ1) is 8.49. The van der Waals surface area contributed by atoms with Gasteiger partial charge in [-0.05, 0) is 39.8 Å². The van der Waals surface area contributed by atoms with E-state index in [2.05, 4.69) is 36.4 Å². The van der Waals surface area contributed by atoms with Gasteiger partial charge < -0.3 is 9.30 Å². The van der Waals surface area contributed by atoms with Crippen LogP contribution in [0.4, 0.5) is 0 Å². The highest BCUT2D eigenvalue weighted by Crippen LogP contribution is 2.31. The van der Waals surface area contributed by atoms with E-state index in [4.69, 9.17) is 16.3 Å². The van der Waals surface area contributed by atoms with E-state index >= 15 is 0 Å². The molecule has 1 heterocycles. The summed E-state index contributed by atoms with van der Waals surface area (Å²) in [5.74, 6) is 2.10. The third-order valence-corrected chi connectivity index (χ3v) is 3.05. The molecule has 0 unspecified atom stereocenters. The van der Waals surface area contributed by atoms with Crippen molar-refractivity contribution in [3.63, 3.8) is 0 Å². The van der Waals surface area contributed by atoms with E-state index in [1.807, 2.05) is 19.1 Å². The van der Waals surface area contributed by atoms with Crippen molar-refractivity contribution in [3.05, 3.63) is 24.0 Å². The number of alkyl halides is 1. The van der Waals surface area contributed by atoms with Gasteiger partial charge in [-0.15, -0.1) is 11.6 Å². The molecule has 2 aromatic rings. The second kappa shape index (κ2) is 4.81. The summed E-state index contributed by atoms with van der Waals surface area (Å²) in [6.07, 6.45) is 0. The smallest absolute Gasteiger partial charge is 0.147 e. The molecule has 0 bridgehead atoms. The maximum Gasteiger partial charge on any atom is 0.147 e. The summed E-state index contributed by atoms with van der Waals surface area (Å²) < 4.78 is 7.80. The lowest BCUT2D eigenvalue weighted by molar-refractivity contribution is 0.343. The van der Waals surface area contributed by atoms with Gasteiger partial charge in [-0.25, -0.2) is 4.98 Å². The predicted molar refractivity (Wildman–Crippen MR) is 75.5 cm³/mol. The Morgan fingerprint density at radius 3 is 2.61 bits per heavy atom. The van der Waals surface area contributed by atoms with Crippen LogP contribution in [0.1, 0.15) is 33.5 Å². The lowest BCUT2D eigenvalue weighted by atomic mass is 10.1. The standard InChI is InChI=1S/C14H19ClN2O/c1-5-18-11-8-6-7-10-13(11)16-12(9-15)17(10)14(2,3)4/h6-8H,5,9H2,1-4H3. The largest absolute Gasteiger partial charge is 0.492 e. The minimum atomic E-state index is -0.0518. The van der Waals surface area contributed by atoms with E-state index in [9.17, 15) is 0 Å². The van der Waals surface area contributed by atoms with Gasteiger partial charge in [0.15, 0.2) is 0 Å². The summed E-state index contributed by atoms with van der Waals surface area (Å²) in [5.41, 5.74) is 1.91. The summed E-state index contributed by atoms with van der Waals surface area (Å²) in [6, 6.07) is 6.01. The van der Waals surface area contributed by atoms with E-state index in [1.54, 1.807) is 0 Å². The highest BCUT2D eigenvalue weighted by atomic mass is 35.5. The molecule has 0 fully saturated rings. The number of rotatable bonds is 3. The first kappa shape index (κ1) is 13.2. The van der Waals surface area contributed by atoms with E-state index in [0.717, 1.165) is 22.6 Å². The Balaban J connectivity index is 2.73. The van der Waals surface area contributed by atoms with Gasteiger partial charge in [0, 0.05) is 5.54 Å². The van der Waals surface area contributed by atoms with Crippen molar-refractivity contribution in [3.8, 4) is 5.75 Å². The Kier molecular flexibility index (Phi) is 3.53. The van der Waals surface area contributed by atoms with Gasteiger partial charge in [-0.2, -0.15) is 0 Å². The molecule has 0 saturated heterocycles. The van der Waals surface area contributed by atoms with Crippen LogP contribution in [0.15, 0.2) is 18.2 Å². The third kappa shape index (κ3) is 2.19.